The summed E-state index contributed by atoms with van der Waals surface area (Å²) in [4.78, 5) is 0. The van der Waals surface area contributed by atoms with Crippen molar-refractivity contribution in [3.05, 3.63) is 47.8 Å². The molecule has 0 aromatic heterocycles. The molecule has 0 bridgehead atoms. The lowest BCUT2D eigenvalue weighted by Crippen LogP contribution is -2.27. The van der Waals surface area contributed by atoms with Crippen LogP contribution in [0.5, 0.6) is 0 Å². The molecule has 0 radical (unpaired) electrons. The Morgan fingerprint density at radius 3 is 2.16 bits per heavy atom. The van der Waals surface area contributed by atoms with Crippen LogP contribution in [0.2, 0.25) is 0 Å². The summed E-state index contributed by atoms with van der Waals surface area (Å²) in [5, 5.41) is 0. The molecule has 1 nitrogen and oxygen atoms in total. The molecule has 0 N–H and O–H groups in total. The highest BCUT2D eigenvalue weighted by molar-refractivity contribution is 5.18. The normalized spacial score (nSPS) is 21.3. The summed E-state index contributed by atoms with van der Waals surface area (Å²) in [5.41, 5.74) is -0.163. The lowest BCUT2D eigenvalue weighted by atomic mass is 9.78. The second-order valence-electron chi connectivity index (χ2n) is 6.76. The first-order valence-electron chi connectivity index (χ1n) is 8.57. The minimum atomic E-state index is -3.38. The number of ether oxygens (including phenoxy) is 1. The van der Waals surface area contributed by atoms with Gasteiger partial charge in [0.25, 0.3) is 0 Å². The first kappa shape index (κ1) is 19.9. The minimum absolute atomic E-state index is 0.128. The monoisotopic (exact) mass is 362 g/mol. The fourth-order valence-electron chi connectivity index (χ4n) is 3.35. The quantitative estimate of drug-likeness (QED) is 0.296. The highest BCUT2D eigenvalue weighted by Crippen LogP contribution is 2.38. The van der Waals surface area contributed by atoms with E-state index in [9.17, 15) is 22.0 Å². The van der Waals surface area contributed by atoms with E-state index < -0.39 is 36.6 Å². The van der Waals surface area contributed by atoms with Crippen molar-refractivity contribution in [2.24, 2.45) is 11.8 Å². The van der Waals surface area contributed by atoms with Crippen LogP contribution in [0.15, 0.2) is 24.8 Å². The maximum absolute atomic E-state index is 14.0. The van der Waals surface area contributed by atoms with Gasteiger partial charge in [0, 0.05) is 6.42 Å². The van der Waals surface area contributed by atoms with E-state index >= 15 is 0 Å². The molecule has 1 aromatic carbocycles. The Morgan fingerprint density at radius 2 is 1.60 bits per heavy atom. The van der Waals surface area contributed by atoms with Gasteiger partial charge in [-0.1, -0.05) is 18.9 Å². The fourth-order valence-corrected chi connectivity index (χ4v) is 3.35. The molecule has 1 fully saturated rings. The molecule has 0 unspecified atom stereocenters. The third-order valence-electron chi connectivity index (χ3n) is 4.77. The average Bonchev–Trinajstić information content (AvgIpc) is 2.57. The van der Waals surface area contributed by atoms with Gasteiger partial charge in [0.05, 0.1) is 6.61 Å². The zero-order valence-corrected chi connectivity index (χ0v) is 14.0. The lowest BCUT2D eigenvalue weighted by molar-refractivity contribution is -0.256. The minimum Gasteiger partial charge on any atom is -0.316 e. The molecule has 0 aliphatic heterocycles. The average molecular weight is 362 g/mol. The third kappa shape index (κ3) is 6.10. The van der Waals surface area contributed by atoms with Crippen LogP contribution in [0.3, 0.4) is 0 Å². The van der Waals surface area contributed by atoms with E-state index in [-0.39, 0.29) is 11.5 Å². The summed E-state index contributed by atoms with van der Waals surface area (Å²) < 4.78 is 71.6. The standard InChI is InChI=1S/C19H23F5O/c1-2-3-4-13-5-7-14(8-6-13)11-19(23,24)25-12-15-9-16(20)18(22)17(21)10-15/h2,9-10,13-14H,1,3-8,11-12H2. The Labute approximate surface area is 144 Å². The van der Waals surface area contributed by atoms with Crippen LogP contribution in [-0.4, -0.2) is 6.11 Å². The van der Waals surface area contributed by atoms with Crippen LogP contribution >= 0.6 is 0 Å². The first-order chi connectivity index (χ1) is 11.8. The molecular weight excluding hydrogens is 339 g/mol. The molecule has 25 heavy (non-hydrogen) atoms. The van der Waals surface area contributed by atoms with Crippen molar-refractivity contribution >= 4 is 0 Å². The maximum atomic E-state index is 14.0. The molecule has 2 rings (SSSR count). The third-order valence-corrected chi connectivity index (χ3v) is 4.77. The molecule has 1 aliphatic carbocycles. The van der Waals surface area contributed by atoms with Crippen molar-refractivity contribution in [1.29, 1.82) is 0 Å². The SMILES string of the molecule is C=CCCC1CCC(CC(F)(F)OCc2cc(F)c(F)c(F)c2)CC1. The Kier molecular flexibility index (Phi) is 6.99. The Bertz CT molecular complexity index is 556. The zero-order chi connectivity index (χ0) is 18.4. The van der Waals surface area contributed by atoms with Gasteiger partial charge >= 0.3 is 6.11 Å². The van der Waals surface area contributed by atoms with E-state index in [0.29, 0.717) is 18.1 Å². The van der Waals surface area contributed by atoms with Gasteiger partial charge in [-0.05, 0) is 55.2 Å². The molecule has 0 spiro atoms. The van der Waals surface area contributed by atoms with Gasteiger partial charge in [0.15, 0.2) is 17.5 Å². The molecule has 1 aliphatic rings. The highest BCUT2D eigenvalue weighted by Gasteiger charge is 2.35. The van der Waals surface area contributed by atoms with Gasteiger partial charge in [-0.25, -0.2) is 13.2 Å². The van der Waals surface area contributed by atoms with Crippen LogP contribution in [0.1, 0.15) is 50.5 Å². The summed E-state index contributed by atoms with van der Waals surface area (Å²) in [6.45, 7) is 3.02. The molecule has 0 saturated heterocycles. The molecule has 0 atom stereocenters. The van der Waals surface area contributed by atoms with E-state index in [1.807, 2.05) is 6.08 Å². The van der Waals surface area contributed by atoms with E-state index in [1.54, 1.807) is 0 Å². The molecule has 140 valence electrons. The smallest absolute Gasteiger partial charge is 0.316 e. The Balaban J connectivity index is 1.81. The molecule has 1 saturated carbocycles. The maximum Gasteiger partial charge on any atom is 0.356 e. The molecule has 6 heteroatoms. The van der Waals surface area contributed by atoms with E-state index in [0.717, 1.165) is 38.5 Å². The van der Waals surface area contributed by atoms with Crippen LogP contribution in [-0.2, 0) is 11.3 Å². The second-order valence-corrected chi connectivity index (χ2v) is 6.76. The van der Waals surface area contributed by atoms with E-state index in [4.69, 9.17) is 0 Å². The summed E-state index contributed by atoms with van der Waals surface area (Å²) >= 11 is 0. The number of hydrogen-bond donors (Lipinski definition) is 0. The summed E-state index contributed by atoms with van der Waals surface area (Å²) in [6.07, 6.45) is 3.36. The van der Waals surface area contributed by atoms with E-state index in [2.05, 4.69) is 11.3 Å². The van der Waals surface area contributed by atoms with Crippen molar-refractivity contribution in [1.82, 2.24) is 0 Å². The number of benzene rings is 1. The topological polar surface area (TPSA) is 9.23 Å². The van der Waals surface area contributed by atoms with Gasteiger partial charge in [-0.3, -0.25) is 0 Å². The van der Waals surface area contributed by atoms with Gasteiger partial charge in [-0.15, -0.1) is 6.58 Å². The van der Waals surface area contributed by atoms with Crippen LogP contribution in [0.25, 0.3) is 0 Å². The Hall–Kier alpha value is -1.43. The molecule has 0 amide bonds. The fraction of sp³-hybridized carbons (Fsp3) is 0.579. The number of alkyl halides is 2. The number of rotatable bonds is 8. The van der Waals surface area contributed by atoms with Gasteiger partial charge < -0.3 is 4.74 Å². The van der Waals surface area contributed by atoms with Gasteiger partial charge in [0.1, 0.15) is 0 Å². The summed E-state index contributed by atoms with van der Waals surface area (Å²) in [5.74, 6) is -4.02. The molecule has 0 heterocycles. The zero-order valence-electron chi connectivity index (χ0n) is 14.0. The number of allylic oxidation sites excluding steroid dienone is 1. The molecule has 1 aromatic rings. The predicted octanol–water partition coefficient (Wildman–Crippen LogP) is 6.38. The highest BCUT2D eigenvalue weighted by atomic mass is 19.3. The summed E-state index contributed by atoms with van der Waals surface area (Å²) in [7, 11) is 0. The predicted molar refractivity (Wildman–Crippen MR) is 85.5 cm³/mol. The lowest BCUT2D eigenvalue weighted by Gasteiger charge is -2.30. The largest absolute Gasteiger partial charge is 0.356 e. The van der Waals surface area contributed by atoms with Crippen molar-refractivity contribution in [2.75, 3.05) is 0 Å². The second kappa shape index (κ2) is 8.79. The van der Waals surface area contributed by atoms with Gasteiger partial charge in [0.2, 0.25) is 0 Å². The summed E-state index contributed by atoms with van der Waals surface area (Å²) in [6, 6.07) is 1.33. The van der Waals surface area contributed by atoms with Crippen LogP contribution in [0, 0.1) is 29.3 Å². The number of hydrogen-bond acceptors (Lipinski definition) is 1. The van der Waals surface area contributed by atoms with Crippen molar-refractivity contribution < 1.29 is 26.7 Å². The van der Waals surface area contributed by atoms with Gasteiger partial charge in [-0.2, -0.15) is 8.78 Å². The first-order valence-corrected chi connectivity index (χ1v) is 8.57. The van der Waals surface area contributed by atoms with Crippen LogP contribution < -0.4 is 0 Å². The molecular formula is C19H23F5O. The van der Waals surface area contributed by atoms with Crippen molar-refractivity contribution in [2.45, 2.75) is 57.7 Å². The van der Waals surface area contributed by atoms with Crippen molar-refractivity contribution in [3.63, 3.8) is 0 Å². The number of halogens is 5. The Morgan fingerprint density at radius 1 is 1.04 bits per heavy atom. The van der Waals surface area contributed by atoms with E-state index in [1.165, 1.54) is 0 Å². The van der Waals surface area contributed by atoms with Crippen LogP contribution in [0.4, 0.5) is 22.0 Å². The van der Waals surface area contributed by atoms with Crippen molar-refractivity contribution in [3.8, 4) is 0 Å².